The highest BCUT2D eigenvalue weighted by Gasteiger charge is 2.11. The van der Waals surface area contributed by atoms with Gasteiger partial charge < -0.3 is 5.11 Å². The number of aliphatic carboxylic acids is 1. The Morgan fingerprint density at radius 2 is 1.89 bits per heavy atom. The van der Waals surface area contributed by atoms with Crippen LogP contribution in [-0.2, 0) is 11.2 Å². The lowest BCUT2D eigenvalue weighted by molar-refractivity contribution is -0.136. The number of benzene rings is 2. The standard InChI is InChI=1S/C15H11NO2S/c17-13(18)9-11-7-4-8-12-14(11)16-15(19-12)10-5-2-1-3-6-10/h1-8H,9H2,(H,17,18). The van der Waals surface area contributed by atoms with Gasteiger partial charge in [0.25, 0.3) is 0 Å². The number of thiazole rings is 1. The highest BCUT2D eigenvalue weighted by molar-refractivity contribution is 7.21. The van der Waals surface area contributed by atoms with Gasteiger partial charge in [0.05, 0.1) is 16.6 Å². The van der Waals surface area contributed by atoms with Crippen LogP contribution in [0.5, 0.6) is 0 Å². The SMILES string of the molecule is O=C(O)Cc1cccc2sc(-c3ccccc3)nc12. The third-order valence-corrected chi connectivity index (χ3v) is 3.93. The Morgan fingerprint density at radius 3 is 2.63 bits per heavy atom. The number of hydrogen-bond donors (Lipinski definition) is 1. The summed E-state index contributed by atoms with van der Waals surface area (Å²) < 4.78 is 1.03. The molecule has 3 rings (SSSR count). The summed E-state index contributed by atoms with van der Waals surface area (Å²) in [4.78, 5) is 15.5. The number of hydrogen-bond acceptors (Lipinski definition) is 3. The van der Waals surface area contributed by atoms with Gasteiger partial charge in [-0.25, -0.2) is 4.98 Å². The monoisotopic (exact) mass is 269 g/mol. The molecule has 4 heteroatoms. The first kappa shape index (κ1) is 11.9. The summed E-state index contributed by atoms with van der Waals surface area (Å²) >= 11 is 1.59. The minimum atomic E-state index is -0.832. The quantitative estimate of drug-likeness (QED) is 0.790. The molecule has 0 amide bonds. The molecule has 94 valence electrons. The molecule has 0 spiro atoms. The van der Waals surface area contributed by atoms with Crippen LogP contribution in [0.2, 0.25) is 0 Å². The fourth-order valence-electron chi connectivity index (χ4n) is 2.02. The molecule has 0 bridgehead atoms. The summed E-state index contributed by atoms with van der Waals surface area (Å²) in [5.41, 5.74) is 2.63. The number of rotatable bonds is 3. The predicted octanol–water partition coefficient (Wildman–Crippen LogP) is 3.59. The minimum Gasteiger partial charge on any atom is -0.481 e. The van der Waals surface area contributed by atoms with E-state index in [9.17, 15) is 4.79 Å². The zero-order chi connectivity index (χ0) is 13.2. The van der Waals surface area contributed by atoms with Crippen molar-refractivity contribution < 1.29 is 9.90 Å². The van der Waals surface area contributed by atoms with Crippen molar-refractivity contribution in [2.45, 2.75) is 6.42 Å². The average Bonchev–Trinajstić information content (AvgIpc) is 2.84. The van der Waals surface area contributed by atoms with Crippen LogP contribution in [0.25, 0.3) is 20.8 Å². The maximum absolute atomic E-state index is 10.9. The molecule has 0 fully saturated rings. The maximum atomic E-state index is 10.9. The molecule has 0 aliphatic heterocycles. The second-order valence-electron chi connectivity index (χ2n) is 4.22. The van der Waals surface area contributed by atoms with Crippen LogP contribution < -0.4 is 0 Å². The zero-order valence-electron chi connectivity index (χ0n) is 10.0. The number of carboxylic acid groups (broad SMARTS) is 1. The van der Waals surface area contributed by atoms with Crippen LogP contribution in [-0.4, -0.2) is 16.1 Å². The minimum absolute atomic E-state index is 0.00923. The highest BCUT2D eigenvalue weighted by Crippen LogP contribution is 2.31. The smallest absolute Gasteiger partial charge is 0.307 e. The molecule has 0 radical (unpaired) electrons. The average molecular weight is 269 g/mol. The van der Waals surface area contributed by atoms with E-state index in [2.05, 4.69) is 4.98 Å². The molecule has 0 unspecified atom stereocenters. The van der Waals surface area contributed by atoms with Crippen LogP contribution in [0, 0.1) is 0 Å². The molecule has 0 aliphatic rings. The Morgan fingerprint density at radius 1 is 1.11 bits per heavy atom. The van der Waals surface area contributed by atoms with Gasteiger partial charge in [0.2, 0.25) is 0 Å². The largest absolute Gasteiger partial charge is 0.481 e. The van der Waals surface area contributed by atoms with Crippen LogP contribution in [0.3, 0.4) is 0 Å². The topological polar surface area (TPSA) is 50.2 Å². The number of carbonyl (C=O) groups is 1. The number of fused-ring (bicyclic) bond motifs is 1. The third-order valence-electron chi connectivity index (χ3n) is 2.86. The highest BCUT2D eigenvalue weighted by atomic mass is 32.1. The number of aromatic nitrogens is 1. The van der Waals surface area contributed by atoms with Gasteiger partial charge in [0.15, 0.2) is 0 Å². The Bertz CT molecular complexity index is 734. The van der Waals surface area contributed by atoms with E-state index in [-0.39, 0.29) is 6.42 Å². The first-order chi connectivity index (χ1) is 9.24. The van der Waals surface area contributed by atoms with E-state index >= 15 is 0 Å². The third kappa shape index (κ3) is 2.35. The molecule has 1 aromatic heterocycles. The Balaban J connectivity index is 2.13. The second-order valence-corrected chi connectivity index (χ2v) is 5.25. The van der Waals surface area contributed by atoms with E-state index in [1.54, 1.807) is 11.3 Å². The molecule has 2 aromatic carbocycles. The van der Waals surface area contributed by atoms with Crippen molar-refractivity contribution in [1.29, 1.82) is 0 Å². The van der Waals surface area contributed by atoms with Gasteiger partial charge in [0, 0.05) is 5.56 Å². The molecule has 19 heavy (non-hydrogen) atoms. The van der Waals surface area contributed by atoms with Gasteiger partial charge in [-0.1, -0.05) is 42.5 Å². The van der Waals surface area contributed by atoms with E-state index < -0.39 is 5.97 Å². The van der Waals surface area contributed by atoms with E-state index in [4.69, 9.17) is 5.11 Å². The summed E-state index contributed by atoms with van der Waals surface area (Å²) in [5, 5.41) is 9.85. The van der Waals surface area contributed by atoms with Gasteiger partial charge >= 0.3 is 5.97 Å². The van der Waals surface area contributed by atoms with Crippen molar-refractivity contribution in [2.75, 3.05) is 0 Å². The maximum Gasteiger partial charge on any atom is 0.307 e. The van der Waals surface area contributed by atoms with Crippen molar-refractivity contribution in [3.63, 3.8) is 0 Å². The van der Waals surface area contributed by atoms with Crippen molar-refractivity contribution in [3.05, 3.63) is 54.1 Å². The first-order valence-corrected chi connectivity index (χ1v) is 6.71. The van der Waals surface area contributed by atoms with E-state index in [1.165, 1.54) is 0 Å². The van der Waals surface area contributed by atoms with Crippen LogP contribution >= 0.6 is 11.3 Å². The number of carboxylic acids is 1. The molecular weight excluding hydrogens is 258 g/mol. The van der Waals surface area contributed by atoms with Gasteiger partial charge in [0.1, 0.15) is 5.01 Å². The van der Waals surface area contributed by atoms with E-state index in [0.717, 1.165) is 26.4 Å². The Hall–Kier alpha value is -2.20. The van der Waals surface area contributed by atoms with Crippen molar-refractivity contribution >= 4 is 27.5 Å². The Labute approximate surface area is 114 Å². The Kier molecular flexibility index (Phi) is 3.01. The second kappa shape index (κ2) is 4.82. The molecule has 3 nitrogen and oxygen atoms in total. The van der Waals surface area contributed by atoms with Gasteiger partial charge in [-0.3, -0.25) is 4.79 Å². The normalized spacial score (nSPS) is 10.7. The van der Waals surface area contributed by atoms with E-state index in [0.29, 0.717) is 0 Å². The fourth-order valence-corrected chi connectivity index (χ4v) is 3.03. The summed E-state index contributed by atoms with van der Waals surface area (Å²) in [6, 6.07) is 15.6. The molecule has 0 aliphatic carbocycles. The molecule has 0 saturated carbocycles. The van der Waals surface area contributed by atoms with Crippen LogP contribution in [0.4, 0.5) is 0 Å². The molecular formula is C15H11NO2S. The molecule has 0 atom stereocenters. The molecule has 0 saturated heterocycles. The molecule has 3 aromatic rings. The van der Waals surface area contributed by atoms with Crippen molar-refractivity contribution in [2.24, 2.45) is 0 Å². The lowest BCUT2D eigenvalue weighted by Crippen LogP contribution is -2.00. The fraction of sp³-hybridized carbons (Fsp3) is 0.0667. The molecule has 1 heterocycles. The van der Waals surface area contributed by atoms with Crippen LogP contribution in [0.15, 0.2) is 48.5 Å². The van der Waals surface area contributed by atoms with E-state index in [1.807, 2.05) is 48.5 Å². The summed E-state index contributed by atoms with van der Waals surface area (Å²) in [6.07, 6.45) is 0.00923. The lowest BCUT2D eigenvalue weighted by atomic mass is 10.1. The predicted molar refractivity (Wildman–Crippen MR) is 76.4 cm³/mol. The molecule has 1 N–H and O–H groups in total. The van der Waals surface area contributed by atoms with Gasteiger partial charge in [-0.05, 0) is 11.6 Å². The summed E-state index contributed by atoms with van der Waals surface area (Å²) in [6.45, 7) is 0. The first-order valence-electron chi connectivity index (χ1n) is 5.90. The van der Waals surface area contributed by atoms with Crippen LogP contribution in [0.1, 0.15) is 5.56 Å². The summed E-state index contributed by atoms with van der Waals surface area (Å²) in [7, 11) is 0. The van der Waals surface area contributed by atoms with Crippen molar-refractivity contribution in [3.8, 4) is 10.6 Å². The van der Waals surface area contributed by atoms with Gasteiger partial charge in [-0.2, -0.15) is 0 Å². The lowest BCUT2D eigenvalue weighted by Gasteiger charge is -1.97. The van der Waals surface area contributed by atoms with Crippen molar-refractivity contribution in [1.82, 2.24) is 4.98 Å². The number of nitrogens with zero attached hydrogens (tertiary/aromatic N) is 1. The van der Waals surface area contributed by atoms with Gasteiger partial charge in [-0.15, -0.1) is 11.3 Å². The number of para-hydroxylation sites is 1. The zero-order valence-corrected chi connectivity index (χ0v) is 10.9. The summed E-state index contributed by atoms with van der Waals surface area (Å²) in [5.74, 6) is -0.832.